The van der Waals surface area contributed by atoms with E-state index in [1.807, 2.05) is 74.5 Å². The molecule has 0 bridgehead atoms. The van der Waals surface area contributed by atoms with Gasteiger partial charge in [-0.2, -0.15) is 17.9 Å². The van der Waals surface area contributed by atoms with E-state index in [0.29, 0.717) is 6.42 Å². The van der Waals surface area contributed by atoms with Crippen LogP contribution in [0.25, 0.3) is 0 Å². The molecule has 0 radical (unpaired) electrons. The van der Waals surface area contributed by atoms with Gasteiger partial charge in [-0.25, -0.2) is 0 Å². The normalized spacial score (nSPS) is 16.7. The quantitative estimate of drug-likeness (QED) is 0.499. The Morgan fingerprint density at radius 1 is 0.931 bits per heavy atom. The summed E-state index contributed by atoms with van der Waals surface area (Å²) in [5.74, 6) is 0. The Bertz CT molecular complexity index is 1190. The van der Waals surface area contributed by atoms with E-state index < -0.39 is 10.0 Å². The van der Waals surface area contributed by atoms with Crippen LogP contribution >= 0.6 is 15.9 Å². The molecule has 0 unspecified atom stereocenters. The Morgan fingerprint density at radius 2 is 1.66 bits per heavy atom. The van der Waals surface area contributed by atoms with E-state index in [-0.39, 0.29) is 10.9 Å². The van der Waals surface area contributed by atoms with Crippen molar-refractivity contribution < 1.29 is 8.42 Å². The average Bonchev–Trinajstić information content (AvgIpc) is 3.15. The second-order valence-electron chi connectivity index (χ2n) is 7.28. The topological polar surface area (TPSA) is 49.7 Å². The molecule has 6 heteroatoms. The zero-order valence-electron chi connectivity index (χ0n) is 16.2. The molecule has 0 spiro atoms. The summed E-state index contributed by atoms with van der Waals surface area (Å²) in [5.41, 5.74) is 4.71. The predicted octanol–water partition coefficient (Wildman–Crippen LogP) is 5.61. The summed E-state index contributed by atoms with van der Waals surface area (Å²) in [4.78, 5) is 0.250. The van der Waals surface area contributed by atoms with Crippen LogP contribution in [0.15, 0.2) is 87.3 Å². The minimum atomic E-state index is -3.78. The molecular weight excluding hydrogens is 448 g/mol. The van der Waals surface area contributed by atoms with Gasteiger partial charge in [-0.1, -0.05) is 75.6 Å². The van der Waals surface area contributed by atoms with E-state index in [1.54, 1.807) is 12.1 Å². The fourth-order valence-electron chi connectivity index (χ4n) is 3.50. The van der Waals surface area contributed by atoms with Gasteiger partial charge in [-0.05, 0) is 49.2 Å². The van der Waals surface area contributed by atoms with Gasteiger partial charge in [0.2, 0.25) is 0 Å². The van der Waals surface area contributed by atoms with E-state index in [4.69, 9.17) is 0 Å². The van der Waals surface area contributed by atoms with Crippen LogP contribution in [0.1, 0.15) is 34.7 Å². The molecule has 1 heterocycles. The lowest BCUT2D eigenvalue weighted by Gasteiger charge is -2.23. The number of rotatable bonds is 4. The molecule has 1 aliphatic rings. The summed E-state index contributed by atoms with van der Waals surface area (Å²) in [6, 6.07) is 22.3. The zero-order valence-corrected chi connectivity index (χ0v) is 18.6. The molecule has 0 aliphatic carbocycles. The lowest BCUT2D eigenvalue weighted by molar-refractivity contribution is 0.371. The van der Waals surface area contributed by atoms with Crippen molar-refractivity contribution in [1.82, 2.24) is 4.41 Å². The minimum absolute atomic E-state index is 0.250. The number of halogens is 1. The highest BCUT2D eigenvalue weighted by atomic mass is 79.9. The Balaban J connectivity index is 1.82. The van der Waals surface area contributed by atoms with E-state index >= 15 is 0 Å². The van der Waals surface area contributed by atoms with Crippen molar-refractivity contribution in [3.8, 4) is 0 Å². The molecule has 0 fully saturated rings. The first kappa shape index (κ1) is 19.9. The molecule has 1 atom stereocenters. The number of hydrogen-bond donors (Lipinski definition) is 0. The van der Waals surface area contributed by atoms with Gasteiger partial charge in [0.15, 0.2) is 0 Å². The number of benzene rings is 3. The highest BCUT2D eigenvalue weighted by Gasteiger charge is 2.37. The second kappa shape index (κ2) is 7.76. The second-order valence-corrected chi connectivity index (χ2v) is 9.99. The molecule has 0 N–H and O–H groups in total. The molecule has 3 aromatic rings. The number of hydrogen-bond acceptors (Lipinski definition) is 3. The fourth-order valence-corrected chi connectivity index (χ4v) is 5.33. The summed E-state index contributed by atoms with van der Waals surface area (Å²) in [5, 5.41) is 4.60. The minimum Gasteiger partial charge on any atom is -0.200 e. The van der Waals surface area contributed by atoms with Crippen molar-refractivity contribution in [2.45, 2.75) is 31.2 Å². The standard InChI is InChI=1S/C23H21BrN2O2S/c1-16-9-11-21(12-10-16)29(27,28)26-23(19-7-3-5-17(2)13-19)15-22(25-26)18-6-4-8-20(24)14-18/h3-14,23H,15H2,1-2H3/t23-/m1/s1. The van der Waals surface area contributed by atoms with Crippen LogP contribution in [-0.4, -0.2) is 18.5 Å². The van der Waals surface area contributed by atoms with Crippen LogP contribution in [0.3, 0.4) is 0 Å². The Morgan fingerprint density at radius 3 is 2.34 bits per heavy atom. The molecular formula is C23H21BrN2O2S. The predicted molar refractivity (Wildman–Crippen MR) is 119 cm³/mol. The fraction of sp³-hybridized carbons (Fsp3) is 0.174. The summed E-state index contributed by atoms with van der Waals surface area (Å²) >= 11 is 3.49. The molecule has 148 valence electrons. The molecule has 29 heavy (non-hydrogen) atoms. The van der Waals surface area contributed by atoms with Crippen LogP contribution in [0.2, 0.25) is 0 Å². The molecule has 0 amide bonds. The number of nitrogens with zero attached hydrogens (tertiary/aromatic N) is 2. The molecule has 3 aromatic carbocycles. The van der Waals surface area contributed by atoms with Gasteiger partial charge in [0.05, 0.1) is 16.6 Å². The van der Waals surface area contributed by atoms with Crippen molar-refractivity contribution in [3.63, 3.8) is 0 Å². The van der Waals surface area contributed by atoms with Gasteiger partial charge in [-0.3, -0.25) is 0 Å². The van der Waals surface area contributed by atoms with Crippen LogP contribution in [0, 0.1) is 13.8 Å². The summed E-state index contributed by atoms with van der Waals surface area (Å²) in [7, 11) is -3.78. The first-order valence-electron chi connectivity index (χ1n) is 9.36. The van der Waals surface area contributed by atoms with Crippen molar-refractivity contribution in [2.24, 2.45) is 5.10 Å². The molecule has 4 rings (SSSR count). The van der Waals surface area contributed by atoms with E-state index in [2.05, 4.69) is 21.0 Å². The van der Waals surface area contributed by atoms with Crippen LogP contribution in [0.5, 0.6) is 0 Å². The highest BCUT2D eigenvalue weighted by molar-refractivity contribution is 9.10. The van der Waals surface area contributed by atoms with Crippen molar-refractivity contribution in [1.29, 1.82) is 0 Å². The monoisotopic (exact) mass is 468 g/mol. The third-order valence-corrected chi connectivity index (χ3v) is 7.21. The van der Waals surface area contributed by atoms with Gasteiger partial charge in [-0.15, -0.1) is 0 Å². The largest absolute Gasteiger partial charge is 0.279 e. The van der Waals surface area contributed by atoms with E-state index in [0.717, 1.165) is 32.4 Å². The third-order valence-electron chi connectivity index (χ3n) is 5.02. The Labute approximate surface area is 180 Å². The molecule has 0 aromatic heterocycles. The molecule has 4 nitrogen and oxygen atoms in total. The molecule has 0 saturated carbocycles. The summed E-state index contributed by atoms with van der Waals surface area (Å²) in [6.07, 6.45) is 0.519. The van der Waals surface area contributed by atoms with Gasteiger partial charge < -0.3 is 0 Å². The summed E-state index contributed by atoms with van der Waals surface area (Å²) in [6.45, 7) is 3.94. The lowest BCUT2D eigenvalue weighted by Crippen LogP contribution is -2.27. The van der Waals surface area contributed by atoms with E-state index in [1.165, 1.54) is 4.41 Å². The third kappa shape index (κ3) is 4.00. The summed E-state index contributed by atoms with van der Waals surface area (Å²) < 4.78 is 29.2. The van der Waals surface area contributed by atoms with Crippen molar-refractivity contribution in [2.75, 3.05) is 0 Å². The van der Waals surface area contributed by atoms with Gasteiger partial charge in [0.1, 0.15) is 0 Å². The maximum absolute atomic E-state index is 13.5. The molecule has 0 saturated heterocycles. The van der Waals surface area contributed by atoms with Gasteiger partial charge >= 0.3 is 0 Å². The number of hydrazone groups is 1. The first-order valence-corrected chi connectivity index (χ1v) is 11.6. The number of sulfonamides is 1. The van der Waals surface area contributed by atoms with Crippen LogP contribution < -0.4 is 0 Å². The first-order chi connectivity index (χ1) is 13.8. The van der Waals surface area contributed by atoms with Gasteiger partial charge in [0, 0.05) is 10.9 Å². The SMILES string of the molecule is Cc1ccc(S(=O)(=O)N2N=C(c3cccc(Br)c3)C[C@@H]2c2cccc(C)c2)cc1. The maximum Gasteiger partial charge on any atom is 0.279 e. The van der Waals surface area contributed by atoms with E-state index in [9.17, 15) is 8.42 Å². The number of aryl methyl sites for hydroxylation is 2. The van der Waals surface area contributed by atoms with Gasteiger partial charge in [0.25, 0.3) is 10.0 Å². The Kier molecular flexibility index (Phi) is 5.32. The Hall–Kier alpha value is -2.44. The van der Waals surface area contributed by atoms with Crippen LogP contribution in [-0.2, 0) is 10.0 Å². The molecule has 1 aliphatic heterocycles. The van der Waals surface area contributed by atoms with Crippen molar-refractivity contribution in [3.05, 3.63) is 99.5 Å². The smallest absolute Gasteiger partial charge is 0.200 e. The van der Waals surface area contributed by atoms with Crippen LogP contribution in [0.4, 0.5) is 0 Å². The lowest BCUT2D eigenvalue weighted by atomic mass is 9.98. The zero-order chi connectivity index (χ0) is 20.6. The average molecular weight is 469 g/mol. The van der Waals surface area contributed by atoms with Crippen molar-refractivity contribution >= 4 is 31.7 Å². The maximum atomic E-state index is 13.5. The highest BCUT2D eigenvalue weighted by Crippen LogP contribution is 2.37.